The van der Waals surface area contributed by atoms with Gasteiger partial charge in [-0.1, -0.05) is 0 Å². The summed E-state index contributed by atoms with van der Waals surface area (Å²) in [7, 11) is -3.25. The quantitative estimate of drug-likeness (QED) is 0.533. The second kappa shape index (κ2) is 9.74. The Morgan fingerprint density at radius 3 is 2.43 bits per heavy atom. The van der Waals surface area contributed by atoms with Gasteiger partial charge in [0.05, 0.1) is 10.9 Å². The molecule has 156 valence electrons. The molecule has 28 heavy (non-hydrogen) atoms. The van der Waals surface area contributed by atoms with Crippen molar-refractivity contribution in [3.8, 4) is 0 Å². The van der Waals surface area contributed by atoms with Crippen LogP contribution in [0.25, 0.3) is 0 Å². The molecule has 2 rings (SSSR count). The van der Waals surface area contributed by atoms with Crippen molar-refractivity contribution >= 4 is 33.3 Å². The number of nitrogens with two attached hydrogens (primary N) is 1. The summed E-state index contributed by atoms with van der Waals surface area (Å²) in [4.78, 5) is 23.5. The molecule has 1 aliphatic rings. The molecule has 0 saturated carbocycles. The van der Waals surface area contributed by atoms with Gasteiger partial charge in [0.2, 0.25) is 15.9 Å². The predicted molar refractivity (Wildman–Crippen MR) is 109 cm³/mol. The average molecular weight is 412 g/mol. The van der Waals surface area contributed by atoms with Crippen LogP contribution in [0.15, 0.2) is 24.3 Å². The maximum Gasteiger partial charge on any atom is 0.333 e. The molecule has 0 aromatic heterocycles. The third-order valence-corrected chi connectivity index (χ3v) is 6.34. The van der Waals surface area contributed by atoms with E-state index in [-0.39, 0.29) is 5.91 Å². The molecule has 9 nitrogen and oxygen atoms in total. The van der Waals surface area contributed by atoms with Crippen LogP contribution in [0.5, 0.6) is 0 Å². The van der Waals surface area contributed by atoms with E-state index in [9.17, 15) is 18.0 Å². The van der Waals surface area contributed by atoms with E-state index in [4.69, 9.17) is 5.73 Å². The molecule has 0 aliphatic carbocycles. The van der Waals surface area contributed by atoms with E-state index >= 15 is 0 Å². The van der Waals surface area contributed by atoms with Gasteiger partial charge in [-0.15, -0.1) is 0 Å². The van der Waals surface area contributed by atoms with Gasteiger partial charge in [-0.2, -0.15) is 0 Å². The number of anilines is 2. The van der Waals surface area contributed by atoms with Crippen molar-refractivity contribution in [2.45, 2.75) is 44.8 Å². The molecule has 1 aromatic rings. The zero-order valence-corrected chi connectivity index (χ0v) is 17.2. The molecule has 4 N–H and O–H groups in total. The van der Waals surface area contributed by atoms with Crippen molar-refractivity contribution in [1.82, 2.24) is 9.73 Å². The number of primary amides is 1. The van der Waals surface area contributed by atoms with Gasteiger partial charge >= 0.3 is 6.03 Å². The number of carbonyl (C=O) groups excluding carboxylic acids is 2. The van der Waals surface area contributed by atoms with E-state index in [0.29, 0.717) is 38.0 Å². The Morgan fingerprint density at radius 2 is 1.82 bits per heavy atom. The second-order valence-electron chi connectivity index (χ2n) is 6.98. The number of sulfonamides is 1. The van der Waals surface area contributed by atoms with Crippen LogP contribution in [0.2, 0.25) is 0 Å². The molecule has 3 amide bonds. The van der Waals surface area contributed by atoms with E-state index < -0.39 is 21.3 Å². The molecule has 1 heterocycles. The van der Waals surface area contributed by atoms with Crippen LogP contribution in [0.4, 0.5) is 16.2 Å². The lowest BCUT2D eigenvalue weighted by atomic mass is 10.2. The van der Waals surface area contributed by atoms with Crippen LogP contribution < -0.4 is 20.8 Å². The maximum atomic E-state index is 12.0. The Labute approximate surface area is 166 Å². The molecule has 1 aliphatic heterocycles. The fourth-order valence-electron chi connectivity index (χ4n) is 2.84. The van der Waals surface area contributed by atoms with Crippen LogP contribution in [-0.2, 0) is 14.8 Å². The van der Waals surface area contributed by atoms with Crippen LogP contribution in [0, 0.1) is 0 Å². The van der Waals surface area contributed by atoms with Gasteiger partial charge in [-0.05, 0) is 57.4 Å². The Kier molecular flexibility index (Phi) is 7.64. The Hall–Kier alpha value is -2.33. The first-order valence-corrected chi connectivity index (χ1v) is 11.0. The Bertz CT molecular complexity index is 780. The Morgan fingerprint density at radius 1 is 1.14 bits per heavy atom. The number of hydrazine groups is 1. The summed E-state index contributed by atoms with van der Waals surface area (Å²) in [6.45, 7) is 4.89. The molecule has 0 bridgehead atoms. The van der Waals surface area contributed by atoms with Crippen molar-refractivity contribution in [3.05, 3.63) is 24.3 Å². The molecule has 10 heteroatoms. The number of unbranched alkanes of at least 4 members (excludes halogenated alkanes) is 1. The highest BCUT2D eigenvalue weighted by molar-refractivity contribution is 7.90. The highest BCUT2D eigenvalue weighted by Crippen LogP contribution is 2.23. The highest BCUT2D eigenvalue weighted by atomic mass is 32.2. The van der Waals surface area contributed by atoms with E-state index in [1.165, 1.54) is 5.01 Å². The second-order valence-corrected chi connectivity index (χ2v) is 9.30. The topological polar surface area (TPSA) is 125 Å². The van der Waals surface area contributed by atoms with E-state index in [1.807, 2.05) is 17.1 Å². The van der Waals surface area contributed by atoms with Crippen molar-refractivity contribution in [2.75, 3.05) is 30.0 Å². The molecule has 1 aromatic carbocycles. The first-order valence-electron chi connectivity index (χ1n) is 9.43. The lowest BCUT2D eigenvalue weighted by Crippen LogP contribution is -2.44. The van der Waals surface area contributed by atoms with Gasteiger partial charge in [0, 0.05) is 31.7 Å². The fraction of sp³-hybridized carbons (Fsp3) is 0.556. The molecule has 0 unspecified atom stereocenters. The summed E-state index contributed by atoms with van der Waals surface area (Å²) in [5.74, 6) is -0.126. The largest absolute Gasteiger partial charge is 0.350 e. The number of hydrogen-bond acceptors (Lipinski definition) is 5. The number of urea groups is 1. The zero-order valence-electron chi connectivity index (χ0n) is 16.3. The molecular formula is C18H29N5O4S. The van der Waals surface area contributed by atoms with E-state index in [2.05, 4.69) is 10.0 Å². The van der Waals surface area contributed by atoms with Gasteiger partial charge in [0.1, 0.15) is 0 Å². The minimum atomic E-state index is -3.25. The summed E-state index contributed by atoms with van der Waals surface area (Å²) in [6, 6.07) is 6.74. The summed E-state index contributed by atoms with van der Waals surface area (Å²) < 4.78 is 25.8. The van der Waals surface area contributed by atoms with Crippen molar-refractivity contribution in [3.63, 3.8) is 0 Å². The smallest absolute Gasteiger partial charge is 0.333 e. The number of carbonyl (C=O) groups is 2. The average Bonchev–Trinajstić information content (AvgIpc) is 3.12. The van der Waals surface area contributed by atoms with Gasteiger partial charge in [-0.25, -0.2) is 22.9 Å². The predicted octanol–water partition coefficient (Wildman–Crippen LogP) is 1.63. The number of amides is 3. The van der Waals surface area contributed by atoms with Crippen molar-refractivity contribution < 1.29 is 18.0 Å². The van der Waals surface area contributed by atoms with E-state index in [1.54, 1.807) is 26.0 Å². The first-order chi connectivity index (χ1) is 13.2. The summed E-state index contributed by atoms with van der Waals surface area (Å²) in [5.41, 5.74) is 6.88. The van der Waals surface area contributed by atoms with Crippen LogP contribution in [0.3, 0.4) is 0 Å². The number of hydrogen-bond donors (Lipinski definition) is 3. The minimum absolute atomic E-state index is 0.126. The zero-order chi connectivity index (χ0) is 20.7. The SMILES string of the molecule is CC(C)S(=O)(=O)NCCCCC(=O)Nc1ccc(N2CCCN2C(N)=O)cc1. The molecule has 1 fully saturated rings. The van der Waals surface area contributed by atoms with Crippen molar-refractivity contribution in [1.29, 1.82) is 0 Å². The van der Waals surface area contributed by atoms with Crippen LogP contribution in [0.1, 0.15) is 39.5 Å². The normalized spacial score (nSPS) is 14.5. The standard InChI is InChI=1S/C18H29N5O4S/c1-14(2)28(26,27)20-11-4-3-6-17(24)21-15-7-9-16(10-8-15)22-12-5-13-23(22)18(19)25/h7-10,14,20H,3-6,11-13H2,1-2H3,(H2,19,25)(H,21,24). The Balaban J connectivity index is 1.75. The molecule has 0 radical (unpaired) electrons. The van der Waals surface area contributed by atoms with Gasteiger partial charge in [0.15, 0.2) is 0 Å². The maximum absolute atomic E-state index is 12.0. The highest BCUT2D eigenvalue weighted by Gasteiger charge is 2.25. The van der Waals surface area contributed by atoms with Crippen LogP contribution >= 0.6 is 0 Å². The first kappa shape index (κ1) is 22.0. The van der Waals surface area contributed by atoms with Gasteiger partial charge in [0.25, 0.3) is 0 Å². The van der Waals surface area contributed by atoms with Gasteiger partial charge in [-0.3, -0.25) is 9.80 Å². The van der Waals surface area contributed by atoms with Crippen molar-refractivity contribution in [2.24, 2.45) is 5.73 Å². The summed E-state index contributed by atoms with van der Waals surface area (Å²) >= 11 is 0. The van der Waals surface area contributed by atoms with Gasteiger partial charge < -0.3 is 11.1 Å². The van der Waals surface area contributed by atoms with E-state index in [0.717, 1.165) is 18.7 Å². The minimum Gasteiger partial charge on any atom is -0.350 e. The molecule has 0 spiro atoms. The summed E-state index contributed by atoms with van der Waals surface area (Å²) in [6.07, 6.45) is 2.35. The lowest BCUT2D eigenvalue weighted by Gasteiger charge is -2.28. The third kappa shape index (κ3) is 6.10. The number of benzene rings is 1. The molecule has 0 atom stereocenters. The number of rotatable bonds is 9. The third-order valence-electron chi connectivity index (χ3n) is 4.49. The molecule has 1 saturated heterocycles. The number of nitrogens with zero attached hydrogens (tertiary/aromatic N) is 2. The fourth-order valence-corrected chi connectivity index (χ4v) is 3.60. The number of nitrogens with one attached hydrogen (secondary N) is 2. The van der Waals surface area contributed by atoms with Crippen LogP contribution in [-0.4, -0.2) is 50.2 Å². The summed E-state index contributed by atoms with van der Waals surface area (Å²) in [5, 5.41) is 5.68. The lowest BCUT2D eigenvalue weighted by molar-refractivity contribution is -0.116. The molecular weight excluding hydrogens is 382 g/mol. The monoisotopic (exact) mass is 411 g/mol.